The SMILES string of the molecule is c1ccc2cc3c(-c4nc(-c5ccc6ncccc6c5)nc(-c5ccc6ncccc6c5)n4)cccc3cc2c1. The van der Waals surface area contributed by atoms with Crippen LogP contribution in [-0.4, -0.2) is 24.9 Å². The molecule has 0 fully saturated rings. The standard InChI is InChI=1S/C35H21N5/c1-2-7-23-21-30-24(18-22(23)6-1)8-3-11-29(30)35-39-33(27-12-14-31-25(19-27)9-4-16-36-31)38-34(40-35)28-13-15-32-26(20-28)10-5-17-37-32/h1-21H. The molecule has 8 aromatic rings. The number of fused-ring (bicyclic) bond motifs is 4. The van der Waals surface area contributed by atoms with Crippen LogP contribution in [0.25, 0.3) is 77.5 Å². The molecular weight excluding hydrogens is 490 g/mol. The van der Waals surface area contributed by atoms with Crippen molar-refractivity contribution in [1.29, 1.82) is 0 Å². The van der Waals surface area contributed by atoms with Gasteiger partial charge in [0.1, 0.15) is 0 Å². The van der Waals surface area contributed by atoms with Gasteiger partial charge in [0.15, 0.2) is 17.5 Å². The summed E-state index contributed by atoms with van der Waals surface area (Å²) in [5, 5.41) is 6.72. The summed E-state index contributed by atoms with van der Waals surface area (Å²) in [5.74, 6) is 1.88. The van der Waals surface area contributed by atoms with Crippen molar-refractivity contribution < 1.29 is 0 Å². The Kier molecular flexibility index (Phi) is 5.07. The Morgan fingerprint density at radius 2 is 0.925 bits per heavy atom. The van der Waals surface area contributed by atoms with Crippen molar-refractivity contribution in [3.8, 4) is 34.2 Å². The largest absolute Gasteiger partial charge is 0.256 e. The van der Waals surface area contributed by atoms with Crippen LogP contribution in [0, 0.1) is 0 Å². The van der Waals surface area contributed by atoms with E-state index < -0.39 is 0 Å². The Morgan fingerprint density at radius 3 is 1.57 bits per heavy atom. The molecule has 0 aliphatic heterocycles. The van der Waals surface area contributed by atoms with Gasteiger partial charge in [-0.3, -0.25) is 9.97 Å². The highest BCUT2D eigenvalue weighted by atomic mass is 15.0. The van der Waals surface area contributed by atoms with Crippen LogP contribution in [0.3, 0.4) is 0 Å². The maximum absolute atomic E-state index is 5.04. The molecule has 0 aliphatic carbocycles. The summed E-state index contributed by atoms with van der Waals surface area (Å²) >= 11 is 0. The number of nitrogens with zero attached hydrogens (tertiary/aromatic N) is 5. The number of rotatable bonds is 3. The molecule has 3 aromatic heterocycles. The van der Waals surface area contributed by atoms with Crippen LogP contribution in [0.2, 0.25) is 0 Å². The first kappa shape index (κ1) is 22.4. The number of benzene rings is 5. The zero-order chi connectivity index (χ0) is 26.5. The van der Waals surface area contributed by atoms with E-state index in [0.717, 1.165) is 49.3 Å². The Morgan fingerprint density at radius 1 is 0.375 bits per heavy atom. The minimum Gasteiger partial charge on any atom is -0.256 e. The van der Waals surface area contributed by atoms with Gasteiger partial charge in [0.25, 0.3) is 0 Å². The van der Waals surface area contributed by atoms with Crippen LogP contribution in [-0.2, 0) is 0 Å². The van der Waals surface area contributed by atoms with Gasteiger partial charge in [0.2, 0.25) is 0 Å². The molecule has 5 heteroatoms. The highest BCUT2D eigenvalue weighted by Crippen LogP contribution is 2.33. The van der Waals surface area contributed by atoms with Gasteiger partial charge in [-0.05, 0) is 82.2 Å². The summed E-state index contributed by atoms with van der Waals surface area (Å²) in [6, 6.07) is 39.4. The molecule has 0 atom stereocenters. The van der Waals surface area contributed by atoms with E-state index in [-0.39, 0.29) is 0 Å². The molecule has 0 N–H and O–H groups in total. The molecule has 0 unspecified atom stereocenters. The second-order valence-corrected chi connectivity index (χ2v) is 9.85. The highest BCUT2D eigenvalue weighted by molar-refractivity contribution is 6.04. The van der Waals surface area contributed by atoms with Crippen LogP contribution in [0.4, 0.5) is 0 Å². The average Bonchev–Trinajstić information content (AvgIpc) is 3.02. The molecule has 186 valence electrons. The van der Waals surface area contributed by atoms with Crippen LogP contribution in [0.5, 0.6) is 0 Å². The maximum Gasteiger partial charge on any atom is 0.164 e. The van der Waals surface area contributed by atoms with E-state index in [9.17, 15) is 0 Å². The molecule has 40 heavy (non-hydrogen) atoms. The van der Waals surface area contributed by atoms with Crippen molar-refractivity contribution in [3.63, 3.8) is 0 Å². The normalized spacial score (nSPS) is 11.5. The van der Waals surface area contributed by atoms with Gasteiger partial charge in [-0.2, -0.15) is 0 Å². The third-order valence-electron chi connectivity index (χ3n) is 7.35. The lowest BCUT2D eigenvalue weighted by molar-refractivity contribution is 1.08. The molecule has 3 heterocycles. The zero-order valence-electron chi connectivity index (χ0n) is 21.4. The predicted octanol–water partition coefficient (Wildman–Crippen LogP) is 8.28. The summed E-state index contributed by atoms with van der Waals surface area (Å²) in [4.78, 5) is 24.0. The Bertz CT molecular complexity index is 2140. The number of hydrogen-bond acceptors (Lipinski definition) is 5. The molecule has 0 saturated carbocycles. The fraction of sp³-hybridized carbons (Fsp3) is 0. The molecule has 5 aromatic carbocycles. The van der Waals surface area contributed by atoms with Crippen molar-refractivity contribution in [2.24, 2.45) is 0 Å². The van der Waals surface area contributed by atoms with Crippen molar-refractivity contribution in [3.05, 3.63) is 128 Å². The van der Waals surface area contributed by atoms with E-state index in [2.05, 4.69) is 88.8 Å². The second kappa shape index (κ2) is 9.03. The maximum atomic E-state index is 5.04. The lowest BCUT2D eigenvalue weighted by Crippen LogP contribution is -2.01. The van der Waals surface area contributed by atoms with Gasteiger partial charge in [0.05, 0.1) is 11.0 Å². The highest BCUT2D eigenvalue weighted by Gasteiger charge is 2.15. The first-order chi connectivity index (χ1) is 19.8. The first-order valence-electron chi connectivity index (χ1n) is 13.2. The average molecular weight is 512 g/mol. The molecule has 0 aliphatic rings. The molecule has 0 radical (unpaired) electrons. The van der Waals surface area contributed by atoms with Gasteiger partial charge in [-0.15, -0.1) is 0 Å². The van der Waals surface area contributed by atoms with Crippen molar-refractivity contribution >= 4 is 43.4 Å². The molecule has 0 amide bonds. The first-order valence-corrected chi connectivity index (χ1v) is 13.2. The summed E-state index contributed by atoms with van der Waals surface area (Å²) < 4.78 is 0. The van der Waals surface area contributed by atoms with Gasteiger partial charge >= 0.3 is 0 Å². The topological polar surface area (TPSA) is 64.5 Å². The minimum atomic E-state index is 0.620. The molecular formula is C35H21N5. The minimum absolute atomic E-state index is 0.620. The molecule has 0 saturated heterocycles. The van der Waals surface area contributed by atoms with E-state index in [1.165, 1.54) is 10.8 Å². The van der Waals surface area contributed by atoms with E-state index in [1.54, 1.807) is 12.4 Å². The van der Waals surface area contributed by atoms with Gasteiger partial charge in [-0.1, -0.05) is 54.6 Å². The second-order valence-electron chi connectivity index (χ2n) is 9.85. The summed E-state index contributed by atoms with van der Waals surface area (Å²) in [5.41, 5.74) is 4.67. The van der Waals surface area contributed by atoms with E-state index in [0.29, 0.717) is 17.5 Å². The summed E-state index contributed by atoms with van der Waals surface area (Å²) in [7, 11) is 0. The monoisotopic (exact) mass is 511 g/mol. The molecule has 5 nitrogen and oxygen atoms in total. The fourth-order valence-electron chi connectivity index (χ4n) is 5.35. The van der Waals surface area contributed by atoms with Crippen LogP contribution >= 0.6 is 0 Å². The molecule has 0 spiro atoms. The predicted molar refractivity (Wildman–Crippen MR) is 162 cm³/mol. The van der Waals surface area contributed by atoms with Gasteiger partial charge < -0.3 is 0 Å². The van der Waals surface area contributed by atoms with Gasteiger partial charge in [-0.25, -0.2) is 15.0 Å². The third-order valence-corrected chi connectivity index (χ3v) is 7.35. The lowest BCUT2D eigenvalue weighted by atomic mass is 9.99. The van der Waals surface area contributed by atoms with Crippen molar-refractivity contribution in [2.45, 2.75) is 0 Å². The van der Waals surface area contributed by atoms with Crippen LogP contribution in [0.15, 0.2) is 128 Å². The molecule has 0 bridgehead atoms. The smallest absolute Gasteiger partial charge is 0.164 e. The summed E-state index contributed by atoms with van der Waals surface area (Å²) in [6.07, 6.45) is 3.61. The Labute approximate surface area is 229 Å². The number of aromatic nitrogens is 5. The number of pyridine rings is 2. The summed E-state index contributed by atoms with van der Waals surface area (Å²) in [6.45, 7) is 0. The van der Waals surface area contributed by atoms with Crippen molar-refractivity contribution in [1.82, 2.24) is 24.9 Å². The molecule has 8 rings (SSSR count). The Hall–Kier alpha value is -5.55. The number of hydrogen-bond donors (Lipinski definition) is 0. The fourth-order valence-corrected chi connectivity index (χ4v) is 5.35. The quantitative estimate of drug-likeness (QED) is 0.223. The third kappa shape index (κ3) is 3.84. The van der Waals surface area contributed by atoms with E-state index in [4.69, 9.17) is 15.0 Å². The van der Waals surface area contributed by atoms with Crippen LogP contribution < -0.4 is 0 Å². The van der Waals surface area contributed by atoms with Crippen LogP contribution in [0.1, 0.15) is 0 Å². The Balaban J connectivity index is 1.39. The lowest BCUT2D eigenvalue weighted by Gasteiger charge is -2.12. The zero-order valence-corrected chi connectivity index (χ0v) is 21.4. The van der Waals surface area contributed by atoms with E-state index in [1.807, 2.05) is 36.4 Å². The van der Waals surface area contributed by atoms with Crippen molar-refractivity contribution in [2.75, 3.05) is 0 Å². The van der Waals surface area contributed by atoms with E-state index >= 15 is 0 Å². The van der Waals surface area contributed by atoms with Gasteiger partial charge in [0, 0.05) is 39.9 Å².